The lowest BCUT2D eigenvalue weighted by molar-refractivity contribution is 0.0515. The van der Waals surface area contributed by atoms with E-state index in [0.29, 0.717) is 0 Å². The van der Waals surface area contributed by atoms with Crippen LogP contribution in [0.15, 0.2) is 72.8 Å². The van der Waals surface area contributed by atoms with Gasteiger partial charge in [-0.25, -0.2) is 0 Å². The molecule has 0 aliphatic carbocycles. The lowest BCUT2D eigenvalue weighted by Gasteiger charge is -2.41. The molecule has 190 valence electrons. The number of nitrogens with zero attached hydrogens (tertiary/aromatic N) is 3. The molecule has 5 heteroatoms. The highest BCUT2D eigenvalue weighted by Gasteiger charge is 2.33. The highest BCUT2D eigenvalue weighted by atomic mass is 16.2. The van der Waals surface area contributed by atoms with E-state index in [2.05, 4.69) is 52.3 Å². The SMILES string of the molecule is O=C(c1ccc(-c2ccc3c(c2)CCN(C2CCCN(Cc4ccccc4)C2)C3=O)cc1)N1CCCC1. The minimum atomic E-state index is 0.130. The molecule has 6 rings (SSSR count). The number of benzene rings is 3. The third-order valence-corrected chi connectivity index (χ3v) is 8.25. The Hall–Kier alpha value is -3.44. The summed E-state index contributed by atoms with van der Waals surface area (Å²) >= 11 is 0. The van der Waals surface area contributed by atoms with Gasteiger partial charge in [0.1, 0.15) is 0 Å². The predicted octanol–water partition coefficient (Wildman–Crippen LogP) is 5.25. The van der Waals surface area contributed by atoms with Crippen LogP contribution < -0.4 is 0 Å². The van der Waals surface area contributed by atoms with Gasteiger partial charge in [-0.3, -0.25) is 14.5 Å². The molecule has 0 N–H and O–H groups in total. The fourth-order valence-corrected chi connectivity index (χ4v) is 6.21. The molecular weight excluding hydrogens is 458 g/mol. The fourth-order valence-electron chi connectivity index (χ4n) is 6.21. The summed E-state index contributed by atoms with van der Waals surface area (Å²) in [6.45, 7) is 5.49. The number of likely N-dealkylation sites (tertiary alicyclic amines) is 2. The van der Waals surface area contributed by atoms with Crippen LogP contribution in [0, 0.1) is 0 Å². The average molecular weight is 494 g/mol. The van der Waals surface area contributed by atoms with Crippen LogP contribution in [0.3, 0.4) is 0 Å². The Morgan fingerprint density at radius 2 is 1.57 bits per heavy atom. The second-order valence-corrected chi connectivity index (χ2v) is 10.7. The quantitative estimate of drug-likeness (QED) is 0.488. The Bertz CT molecular complexity index is 1260. The van der Waals surface area contributed by atoms with Crippen LogP contribution >= 0.6 is 0 Å². The molecule has 0 bridgehead atoms. The maximum atomic E-state index is 13.5. The van der Waals surface area contributed by atoms with Gasteiger partial charge in [-0.15, -0.1) is 0 Å². The molecule has 37 heavy (non-hydrogen) atoms. The van der Waals surface area contributed by atoms with E-state index in [-0.39, 0.29) is 17.9 Å². The fraction of sp³-hybridized carbons (Fsp3) is 0.375. The van der Waals surface area contributed by atoms with E-state index >= 15 is 0 Å². The topological polar surface area (TPSA) is 43.9 Å². The summed E-state index contributed by atoms with van der Waals surface area (Å²) in [5, 5.41) is 0. The number of rotatable bonds is 5. The molecule has 2 amide bonds. The van der Waals surface area contributed by atoms with E-state index in [1.165, 1.54) is 5.56 Å². The third kappa shape index (κ3) is 5.05. The van der Waals surface area contributed by atoms with Crippen molar-refractivity contribution in [2.45, 2.75) is 44.7 Å². The highest BCUT2D eigenvalue weighted by Crippen LogP contribution is 2.29. The third-order valence-electron chi connectivity index (χ3n) is 8.25. The van der Waals surface area contributed by atoms with Gasteiger partial charge in [0.25, 0.3) is 11.8 Å². The van der Waals surface area contributed by atoms with Crippen LogP contribution in [0.5, 0.6) is 0 Å². The predicted molar refractivity (Wildman–Crippen MR) is 146 cm³/mol. The van der Waals surface area contributed by atoms with E-state index in [1.807, 2.05) is 35.2 Å². The monoisotopic (exact) mass is 493 g/mol. The number of carbonyl (C=O) groups excluding carboxylic acids is 2. The number of carbonyl (C=O) groups is 2. The smallest absolute Gasteiger partial charge is 0.254 e. The van der Waals surface area contributed by atoms with Crippen molar-refractivity contribution in [3.8, 4) is 11.1 Å². The molecule has 3 aliphatic rings. The molecule has 2 saturated heterocycles. The van der Waals surface area contributed by atoms with Crippen LogP contribution in [-0.4, -0.2) is 65.3 Å². The van der Waals surface area contributed by atoms with Gasteiger partial charge in [0.15, 0.2) is 0 Å². The van der Waals surface area contributed by atoms with Gasteiger partial charge in [0.05, 0.1) is 0 Å². The summed E-state index contributed by atoms with van der Waals surface area (Å²) in [5.74, 6) is 0.302. The van der Waals surface area contributed by atoms with E-state index in [0.717, 1.165) is 99.2 Å². The van der Waals surface area contributed by atoms with Gasteiger partial charge in [-0.1, -0.05) is 54.6 Å². The minimum absolute atomic E-state index is 0.130. The molecule has 2 fully saturated rings. The zero-order valence-electron chi connectivity index (χ0n) is 21.4. The van der Waals surface area contributed by atoms with E-state index in [4.69, 9.17) is 0 Å². The molecule has 0 saturated carbocycles. The first kappa shape index (κ1) is 23.9. The van der Waals surface area contributed by atoms with E-state index in [9.17, 15) is 9.59 Å². The Balaban J connectivity index is 1.13. The maximum Gasteiger partial charge on any atom is 0.254 e. The minimum Gasteiger partial charge on any atom is -0.339 e. The van der Waals surface area contributed by atoms with Crippen molar-refractivity contribution in [2.24, 2.45) is 0 Å². The number of piperidine rings is 1. The summed E-state index contributed by atoms with van der Waals surface area (Å²) < 4.78 is 0. The maximum absolute atomic E-state index is 13.5. The second-order valence-electron chi connectivity index (χ2n) is 10.7. The molecule has 5 nitrogen and oxygen atoms in total. The van der Waals surface area contributed by atoms with Crippen molar-refractivity contribution in [1.29, 1.82) is 0 Å². The molecule has 1 atom stereocenters. The first-order valence-corrected chi connectivity index (χ1v) is 13.8. The summed E-state index contributed by atoms with van der Waals surface area (Å²) in [4.78, 5) is 32.8. The summed E-state index contributed by atoms with van der Waals surface area (Å²) in [6.07, 6.45) is 5.29. The van der Waals surface area contributed by atoms with Crippen LogP contribution in [0.1, 0.15) is 57.5 Å². The Kier molecular flexibility index (Phi) is 6.79. The van der Waals surface area contributed by atoms with Crippen molar-refractivity contribution in [3.05, 3.63) is 95.1 Å². The van der Waals surface area contributed by atoms with Crippen LogP contribution in [-0.2, 0) is 13.0 Å². The lowest BCUT2D eigenvalue weighted by Crippen LogP contribution is -2.52. The van der Waals surface area contributed by atoms with Crippen LogP contribution in [0.4, 0.5) is 0 Å². The van der Waals surface area contributed by atoms with Crippen molar-refractivity contribution in [2.75, 3.05) is 32.7 Å². The molecule has 3 aromatic carbocycles. The largest absolute Gasteiger partial charge is 0.339 e. The first-order chi connectivity index (χ1) is 18.2. The molecule has 0 aromatic heterocycles. The van der Waals surface area contributed by atoms with Gasteiger partial charge in [0, 0.05) is 49.9 Å². The van der Waals surface area contributed by atoms with E-state index in [1.54, 1.807) is 0 Å². The van der Waals surface area contributed by atoms with Gasteiger partial charge in [-0.2, -0.15) is 0 Å². The number of hydrogen-bond donors (Lipinski definition) is 0. The summed E-state index contributed by atoms with van der Waals surface area (Å²) in [7, 11) is 0. The molecular formula is C32H35N3O2. The molecule has 0 spiro atoms. The Morgan fingerprint density at radius 3 is 2.35 bits per heavy atom. The van der Waals surface area contributed by atoms with Crippen molar-refractivity contribution in [1.82, 2.24) is 14.7 Å². The number of amides is 2. The van der Waals surface area contributed by atoms with Gasteiger partial charge < -0.3 is 9.80 Å². The standard InChI is InChI=1S/C32H35N3O2/c36-31(34-18-4-5-19-34)26-12-10-25(11-13-26)27-14-15-30-28(21-27)16-20-35(32(30)37)29-9-6-17-33(23-29)22-24-7-2-1-3-8-24/h1-3,7-8,10-15,21,29H,4-6,9,16-20,22-23H2. The normalized spacial score (nSPS) is 20.2. The Labute approximate surface area is 219 Å². The highest BCUT2D eigenvalue weighted by molar-refractivity contribution is 5.98. The van der Waals surface area contributed by atoms with Crippen molar-refractivity contribution in [3.63, 3.8) is 0 Å². The number of hydrogen-bond acceptors (Lipinski definition) is 3. The molecule has 0 radical (unpaired) electrons. The zero-order valence-corrected chi connectivity index (χ0v) is 21.4. The van der Waals surface area contributed by atoms with Crippen molar-refractivity contribution < 1.29 is 9.59 Å². The molecule has 1 unspecified atom stereocenters. The molecule has 3 heterocycles. The lowest BCUT2D eigenvalue weighted by atomic mass is 9.92. The number of fused-ring (bicyclic) bond motifs is 1. The Morgan fingerprint density at radius 1 is 0.811 bits per heavy atom. The summed E-state index contributed by atoms with van der Waals surface area (Å²) in [5.41, 5.74) is 6.25. The molecule has 3 aliphatic heterocycles. The van der Waals surface area contributed by atoms with Gasteiger partial charge in [0.2, 0.25) is 0 Å². The summed E-state index contributed by atoms with van der Waals surface area (Å²) in [6, 6.07) is 25.1. The van der Waals surface area contributed by atoms with Gasteiger partial charge in [-0.05, 0) is 79.1 Å². The van der Waals surface area contributed by atoms with Crippen molar-refractivity contribution >= 4 is 11.8 Å². The molecule has 3 aromatic rings. The first-order valence-electron chi connectivity index (χ1n) is 13.8. The van der Waals surface area contributed by atoms with Crippen LogP contribution in [0.25, 0.3) is 11.1 Å². The zero-order chi connectivity index (χ0) is 25.2. The van der Waals surface area contributed by atoms with Crippen LogP contribution in [0.2, 0.25) is 0 Å². The van der Waals surface area contributed by atoms with Gasteiger partial charge >= 0.3 is 0 Å². The second kappa shape index (κ2) is 10.5. The van der Waals surface area contributed by atoms with E-state index < -0.39 is 0 Å². The average Bonchev–Trinajstić information content (AvgIpc) is 3.49.